The van der Waals surface area contributed by atoms with Crippen LogP contribution in [0, 0.1) is 18.3 Å². The molecule has 0 fully saturated rings. The second-order valence-corrected chi connectivity index (χ2v) is 4.05. The molecule has 0 radical (unpaired) electrons. The molecular weight excluding hydrogens is 208 g/mol. The van der Waals surface area contributed by atoms with Gasteiger partial charge in [0.1, 0.15) is 11.1 Å². The average molecular weight is 222 g/mol. The summed E-state index contributed by atoms with van der Waals surface area (Å²) in [5.41, 5.74) is 1.58. The summed E-state index contributed by atoms with van der Waals surface area (Å²) in [5.74, 6) is 0.832. The molecule has 0 unspecified atom stereocenters. The Kier molecular flexibility index (Phi) is 5.16. The number of rotatable bonds is 5. The highest BCUT2D eigenvalue weighted by atomic mass is 32.2. The average Bonchev–Trinajstić information content (AvgIpc) is 2.25. The second-order valence-electron chi connectivity index (χ2n) is 2.96. The molecule has 0 aliphatic heterocycles. The minimum atomic E-state index is 0.641. The standard InChI is InChI=1S/C11H14N2OS/c1-3-14-6-7-15-11-10(8-12)5-4-9(2)13-11/h4-5H,3,6-7H2,1-2H3. The van der Waals surface area contributed by atoms with Gasteiger partial charge < -0.3 is 4.74 Å². The molecule has 0 spiro atoms. The van der Waals surface area contributed by atoms with Gasteiger partial charge >= 0.3 is 0 Å². The van der Waals surface area contributed by atoms with Crippen molar-refractivity contribution in [3.8, 4) is 6.07 Å². The Morgan fingerprint density at radius 1 is 1.53 bits per heavy atom. The number of nitrogens with zero attached hydrogens (tertiary/aromatic N) is 2. The fourth-order valence-corrected chi connectivity index (χ4v) is 1.94. The van der Waals surface area contributed by atoms with Crippen molar-refractivity contribution in [1.82, 2.24) is 4.98 Å². The van der Waals surface area contributed by atoms with Crippen molar-refractivity contribution >= 4 is 11.8 Å². The number of aryl methyl sites for hydroxylation is 1. The molecular formula is C11H14N2OS. The number of aromatic nitrogens is 1. The van der Waals surface area contributed by atoms with Crippen LogP contribution in [0.2, 0.25) is 0 Å². The van der Waals surface area contributed by atoms with Crippen LogP contribution in [-0.4, -0.2) is 24.0 Å². The van der Waals surface area contributed by atoms with E-state index in [0.717, 1.165) is 23.1 Å². The zero-order chi connectivity index (χ0) is 11.1. The molecule has 15 heavy (non-hydrogen) atoms. The van der Waals surface area contributed by atoms with Crippen LogP contribution in [-0.2, 0) is 4.74 Å². The summed E-state index contributed by atoms with van der Waals surface area (Å²) in [6, 6.07) is 5.80. The van der Waals surface area contributed by atoms with Crippen molar-refractivity contribution in [3.63, 3.8) is 0 Å². The molecule has 1 aromatic rings. The molecule has 1 heterocycles. The van der Waals surface area contributed by atoms with Gasteiger partial charge in [0.25, 0.3) is 0 Å². The highest BCUT2D eigenvalue weighted by Crippen LogP contribution is 2.19. The third-order valence-electron chi connectivity index (χ3n) is 1.79. The van der Waals surface area contributed by atoms with Gasteiger partial charge in [-0.3, -0.25) is 0 Å². The fraction of sp³-hybridized carbons (Fsp3) is 0.455. The first kappa shape index (κ1) is 12.0. The highest BCUT2D eigenvalue weighted by Gasteiger charge is 2.04. The Morgan fingerprint density at radius 2 is 2.33 bits per heavy atom. The normalized spacial score (nSPS) is 9.93. The van der Waals surface area contributed by atoms with Crippen LogP contribution in [0.3, 0.4) is 0 Å². The Morgan fingerprint density at radius 3 is 3.00 bits per heavy atom. The lowest BCUT2D eigenvalue weighted by atomic mass is 10.3. The molecule has 0 N–H and O–H groups in total. The van der Waals surface area contributed by atoms with Crippen molar-refractivity contribution in [1.29, 1.82) is 5.26 Å². The Hall–Kier alpha value is -1.05. The molecule has 0 aliphatic carbocycles. The predicted octanol–water partition coefficient (Wildman–Crippen LogP) is 2.39. The lowest BCUT2D eigenvalue weighted by molar-refractivity contribution is 0.164. The maximum atomic E-state index is 8.88. The number of ether oxygens (including phenoxy) is 1. The van der Waals surface area contributed by atoms with Crippen molar-refractivity contribution in [2.24, 2.45) is 0 Å². The first-order valence-electron chi connectivity index (χ1n) is 4.86. The van der Waals surface area contributed by atoms with Gasteiger partial charge in [-0.05, 0) is 26.0 Å². The number of pyridine rings is 1. The number of nitriles is 1. The van der Waals surface area contributed by atoms with Gasteiger partial charge in [-0.2, -0.15) is 5.26 Å². The fourth-order valence-electron chi connectivity index (χ4n) is 1.07. The highest BCUT2D eigenvalue weighted by molar-refractivity contribution is 7.99. The quantitative estimate of drug-likeness (QED) is 0.567. The molecule has 3 nitrogen and oxygen atoms in total. The summed E-state index contributed by atoms with van der Waals surface area (Å²) >= 11 is 1.57. The summed E-state index contributed by atoms with van der Waals surface area (Å²) in [7, 11) is 0. The summed E-state index contributed by atoms with van der Waals surface area (Å²) in [5, 5.41) is 9.68. The van der Waals surface area contributed by atoms with Crippen molar-refractivity contribution in [2.45, 2.75) is 18.9 Å². The van der Waals surface area contributed by atoms with E-state index in [1.165, 1.54) is 0 Å². The smallest absolute Gasteiger partial charge is 0.114 e. The van der Waals surface area contributed by atoms with E-state index in [1.54, 1.807) is 11.8 Å². The molecule has 0 aliphatic rings. The van der Waals surface area contributed by atoms with E-state index in [1.807, 2.05) is 26.0 Å². The minimum absolute atomic E-state index is 0.641. The molecule has 0 atom stereocenters. The van der Waals surface area contributed by atoms with Crippen LogP contribution in [0.4, 0.5) is 0 Å². The summed E-state index contributed by atoms with van der Waals surface area (Å²) < 4.78 is 5.23. The van der Waals surface area contributed by atoms with E-state index in [0.29, 0.717) is 12.2 Å². The molecule has 0 saturated carbocycles. The van der Waals surface area contributed by atoms with Crippen molar-refractivity contribution < 1.29 is 4.74 Å². The van der Waals surface area contributed by atoms with E-state index in [9.17, 15) is 0 Å². The molecule has 0 saturated heterocycles. The molecule has 80 valence electrons. The Labute approximate surface area is 94.5 Å². The van der Waals surface area contributed by atoms with Gasteiger partial charge in [-0.1, -0.05) is 0 Å². The molecule has 1 rings (SSSR count). The lowest BCUT2D eigenvalue weighted by Gasteiger charge is -2.04. The van der Waals surface area contributed by atoms with Crippen LogP contribution in [0.15, 0.2) is 17.2 Å². The number of thioether (sulfide) groups is 1. The van der Waals surface area contributed by atoms with Gasteiger partial charge in [0, 0.05) is 18.1 Å². The van der Waals surface area contributed by atoms with Gasteiger partial charge in [0.2, 0.25) is 0 Å². The van der Waals surface area contributed by atoms with Crippen LogP contribution in [0.25, 0.3) is 0 Å². The van der Waals surface area contributed by atoms with Crippen LogP contribution in [0.1, 0.15) is 18.2 Å². The summed E-state index contributed by atoms with van der Waals surface area (Å²) in [4.78, 5) is 4.33. The lowest BCUT2D eigenvalue weighted by Crippen LogP contribution is -1.98. The first-order chi connectivity index (χ1) is 7.27. The third kappa shape index (κ3) is 3.90. The zero-order valence-electron chi connectivity index (χ0n) is 8.99. The largest absolute Gasteiger partial charge is 0.381 e. The van der Waals surface area contributed by atoms with Gasteiger partial charge in [-0.15, -0.1) is 11.8 Å². The first-order valence-corrected chi connectivity index (χ1v) is 5.84. The molecule has 4 heteroatoms. The van der Waals surface area contributed by atoms with Crippen LogP contribution in [0.5, 0.6) is 0 Å². The minimum Gasteiger partial charge on any atom is -0.381 e. The van der Waals surface area contributed by atoms with E-state index in [2.05, 4.69) is 11.1 Å². The second kappa shape index (κ2) is 6.44. The van der Waals surface area contributed by atoms with E-state index < -0.39 is 0 Å². The SMILES string of the molecule is CCOCCSc1nc(C)ccc1C#N. The topological polar surface area (TPSA) is 45.9 Å². The Bertz CT molecular complexity index is 360. The van der Waals surface area contributed by atoms with Gasteiger partial charge in [0.05, 0.1) is 12.2 Å². The predicted molar refractivity (Wildman–Crippen MR) is 60.9 cm³/mol. The van der Waals surface area contributed by atoms with E-state index >= 15 is 0 Å². The van der Waals surface area contributed by atoms with Crippen molar-refractivity contribution in [3.05, 3.63) is 23.4 Å². The van der Waals surface area contributed by atoms with Crippen LogP contribution < -0.4 is 0 Å². The van der Waals surface area contributed by atoms with E-state index in [-0.39, 0.29) is 0 Å². The van der Waals surface area contributed by atoms with E-state index in [4.69, 9.17) is 10.00 Å². The third-order valence-corrected chi connectivity index (χ3v) is 2.75. The summed E-state index contributed by atoms with van der Waals surface area (Å²) in [6.07, 6.45) is 0. The molecule has 1 aromatic heterocycles. The molecule has 0 bridgehead atoms. The van der Waals surface area contributed by atoms with Gasteiger partial charge in [-0.25, -0.2) is 4.98 Å². The van der Waals surface area contributed by atoms with Crippen LogP contribution >= 0.6 is 11.8 Å². The zero-order valence-corrected chi connectivity index (χ0v) is 9.80. The summed E-state index contributed by atoms with van der Waals surface area (Å²) in [6.45, 7) is 5.32. The maximum Gasteiger partial charge on any atom is 0.114 e. The molecule has 0 amide bonds. The van der Waals surface area contributed by atoms with Gasteiger partial charge in [0.15, 0.2) is 0 Å². The monoisotopic (exact) mass is 222 g/mol. The molecule has 0 aromatic carbocycles. The number of hydrogen-bond donors (Lipinski definition) is 0. The maximum absolute atomic E-state index is 8.88. The number of hydrogen-bond acceptors (Lipinski definition) is 4. The Balaban J connectivity index is 2.59. The van der Waals surface area contributed by atoms with Crippen molar-refractivity contribution in [2.75, 3.05) is 19.0 Å².